The van der Waals surface area contributed by atoms with E-state index in [0.29, 0.717) is 5.69 Å². The van der Waals surface area contributed by atoms with Crippen molar-refractivity contribution in [2.24, 2.45) is 0 Å². The van der Waals surface area contributed by atoms with Gasteiger partial charge in [0, 0.05) is 5.69 Å². The molecular formula is C10H11NO3. The number of Topliss-reactive ketones (excluding diaryl/α,β-unsaturated/α-hetero) is 1. The van der Waals surface area contributed by atoms with Crippen LogP contribution in [0.25, 0.3) is 0 Å². The fraction of sp³-hybridized carbons (Fsp3) is 0.300. The fourth-order valence-corrected chi connectivity index (χ4v) is 0.992. The predicted molar refractivity (Wildman–Crippen MR) is 49.9 cm³/mol. The van der Waals surface area contributed by atoms with Crippen molar-refractivity contribution in [3.8, 4) is 0 Å². The molecule has 1 heterocycles. The van der Waals surface area contributed by atoms with Crippen molar-refractivity contribution in [2.75, 3.05) is 7.11 Å². The van der Waals surface area contributed by atoms with Gasteiger partial charge in [-0.2, -0.15) is 0 Å². The number of carbonyl (C=O) groups excluding carboxylic acids is 2. The molecule has 4 heteroatoms. The van der Waals surface area contributed by atoms with Gasteiger partial charge in [-0.1, -0.05) is 6.07 Å². The Hall–Kier alpha value is -1.71. The number of esters is 1. The molecule has 1 rings (SSSR count). The molecule has 0 N–H and O–H groups in total. The van der Waals surface area contributed by atoms with Gasteiger partial charge in [-0.3, -0.25) is 14.6 Å². The predicted octanol–water partition coefficient (Wildman–Crippen LogP) is 1.14. The maximum Gasteiger partial charge on any atom is 0.313 e. The molecule has 0 amide bonds. The van der Waals surface area contributed by atoms with Crippen LogP contribution >= 0.6 is 0 Å². The molecule has 0 bridgehead atoms. The summed E-state index contributed by atoms with van der Waals surface area (Å²) in [5.74, 6) is -0.862. The van der Waals surface area contributed by atoms with Crippen LogP contribution in [0.3, 0.4) is 0 Å². The molecule has 0 fully saturated rings. The van der Waals surface area contributed by atoms with Gasteiger partial charge in [-0.05, 0) is 19.1 Å². The first-order valence-electron chi connectivity index (χ1n) is 4.17. The number of rotatable bonds is 3. The monoisotopic (exact) mass is 193 g/mol. The molecule has 4 nitrogen and oxygen atoms in total. The molecule has 0 unspecified atom stereocenters. The minimum absolute atomic E-state index is 0.257. The van der Waals surface area contributed by atoms with Crippen LogP contribution in [-0.4, -0.2) is 23.8 Å². The van der Waals surface area contributed by atoms with Crippen LogP contribution < -0.4 is 0 Å². The molecule has 14 heavy (non-hydrogen) atoms. The summed E-state index contributed by atoms with van der Waals surface area (Å²) in [6.45, 7) is 1.79. The van der Waals surface area contributed by atoms with E-state index in [1.165, 1.54) is 7.11 Å². The summed E-state index contributed by atoms with van der Waals surface area (Å²) in [5.41, 5.74) is 1.05. The summed E-state index contributed by atoms with van der Waals surface area (Å²) in [5, 5.41) is 0. The van der Waals surface area contributed by atoms with Gasteiger partial charge in [0.15, 0.2) is 5.78 Å². The zero-order valence-electron chi connectivity index (χ0n) is 8.11. The molecule has 1 aromatic rings. The molecule has 0 aliphatic rings. The SMILES string of the molecule is COC(=O)CC(=O)c1cccc(C)n1. The maximum atomic E-state index is 11.4. The van der Waals surface area contributed by atoms with Gasteiger partial charge < -0.3 is 4.74 Å². The van der Waals surface area contributed by atoms with E-state index in [1.54, 1.807) is 25.1 Å². The average Bonchev–Trinajstić information content (AvgIpc) is 2.17. The van der Waals surface area contributed by atoms with Gasteiger partial charge >= 0.3 is 5.97 Å². The third-order valence-electron chi connectivity index (χ3n) is 1.71. The Labute approximate surface area is 81.9 Å². The van der Waals surface area contributed by atoms with Crippen molar-refractivity contribution < 1.29 is 14.3 Å². The zero-order chi connectivity index (χ0) is 10.6. The normalized spacial score (nSPS) is 9.57. The van der Waals surface area contributed by atoms with E-state index in [0.717, 1.165) is 5.69 Å². The molecule has 0 aliphatic carbocycles. The van der Waals surface area contributed by atoms with Crippen LogP contribution in [0.2, 0.25) is 0 Å². The Bertz CT molecular complexity index is 360. The summed E-state index contributed by atoms with van der Waals surface area (Å²) >= 11 is 0. The highest BCUT2D eigenvalue weighted by Crippen LogP contribution is 2.02. The van der Waals surface area contributed by atoms with E-state index in [1.807, 2.05) is 0 Å². The van der Waals surface area contributed by atoms with Crippen molar-refractivity contribution in [1.29, 1.82) is 0 Å². The van der Waals surface area contributed by atoms with Crippen molar-refractivity contribution in [3.63, 3.8) is 0 Å². The number of ketones is 1. The van der Waals surface area contributed by atoms with Gasteiger partial charge in [0.05, 0.1) is 7.11 Å². The van der Waals surface area contributed by atoms with Crippen LogP contribution in [0.5, 0.6) is 0 Å². The lowest BCUT2D eigenvalue weighted by atomic mass is 10.2. The Morgan fingerprint density at radius 3 is 2.71 bits per heavy atom. The average molecular weight is 193 g/mol. The van der Waals surface area contributed by atoms with E-state index >= 15 is 0 Å². The highest BCUT2D eigenvalue weighted by molar-refractivity contribution is 6.04. The molecule has 0 saturated carbocycles. The minimum atomic E-state index is -0.543. The van der Waals surface area contributed by atoms with E-state index in [-0.39, 0.29) is 12.2 Å². The number of pyridine rings is 1. The quantitative estimate of drug-likeness (QED) is 0.410. The molecule has 0 spiro atoms. The van der Waals surface area contributed by atoms with Gasteiger partial charge in [0.1, 0.15) is 12.1 Å². The lowest BCUT2D eigenvalue weighted by Gasteiger charge is -1.99. The third kappa shape index (κ3) is 2.65. The summed E-state index contributed by atoms with van der Waals surface area (Å²) in [6.07, 6.45) is -0.257. The summed E-state index contributed by atoms with van der Waals surface area (Å²) in [7, 11) is 1.25. The Balaban J connectivity index is 2.75. The second kappa shape index (κ2) is 4.50. The Morgan fingerprint density at radius 1 is 1.43 bits per heavy atom. The largest absolute Gasteiger partial charge is 0.469 e. The lowest BCUT2D eigenvalue weighted by molar-refractivity contribution is -0.139. The molecule has 0 radical (unpaired) electrons. The summed E-state index contributed by atoms with van der Waals surface area (Å²) in [4.78, 5) is 26.2. The minimum Gasteiger partial charge on any atom is -0.469 e. The van der Waals surface area contributed by atoms with Crippen LogP contribution in [0, 0.1) is 6.92 Å². The topological polar surface area (TPSA) is 56.3 Å². The van der Waals surface area contributed by atoms with Crippen LogP contribution in [0.1, 0.15) is 22.6 Å². The number of hydrogen-bond donors (Lipinski definition) is 0. The smallest absolute Gasteiger partial charge is 0.313 e. The van der Waals surface area contributed by atoms with Gasteiger partial charge in [-0.25, -0.2) is 0 Å². The number of aromatic nitrogens is 1. The van der Waals surface area contributed by atoms with Crippen LogP contribution in [-0.2, 0) is 9.53 Å². The highest BCUT2D eigenvalue weighted by atomic mass is 16.5. The number of ether oxygens (including phenoxy) is 1. The Morgan fingerprint density at radius 2 is 2.14 bits per heavy atom. The van der Waals surface area contributed by atoms with Crippen molar-refractivity contribution in [1.82, 2.24) is 4.98 Å². The molecule has 0 saturated heterocycles. The molecule has 1 aromatic heterocycles. The van der Waals surface area contributed by atoms with Crippen molar-refractivity contribution in [2.45, 2.75) is 13.3 Å². The Kier molecular flexibility index (Phi) is 3.34. The van der Waals surface area contributed by atoms with E-state index < -0.39 is 5.97 Å². The number of methoxy groups -OCH3 is 1. The van der Waals surface area contributed by atoms with Crippen LogP contribution in [0.15, 0.2) is 18.2 Å². The lowest BCUT2D eigenvalue weighted by Crippen LogP contribution is -2.11. The summed E-state index contributed by atoms with van der Waals surface area (Å²) < 4.78 is 4.39. The fourth-order valence-electron chi connectivity index (χ4n) is 0.992. The first-order chi connectivity index (χ1) is 6.63. The molecule has 0 aromatic carbocycles. The second-order valence-corrected chi connectivity index (χ2v) is 2.84. The van der Waals surface area contributed by atoms with Gasteiger partial charge in [-0.15, -0.1) is 0 Å². The summed E-state index contributed by atoms with van der Waals surface area (Å²) in [6, 6.07) is 5.10. The first kappa shape index (κ1) is 10.4. The number of carbonyl (C=O) groups is 2. The van der Waals surface area contributed by atoms with Gasteiger partial charge in [0.25, 0.3) is 0 Å². The second-order valence-electron chi connectivity index (χ2n) is 2.84. The maximum absolute atomic E-state index is 11.4. The van der Waals surface area contributed by atoms with Crippen molar-refractivity contribution >= 4 is 11.8 Å². The number of nitrogens with zero attached hydrogens (tertiary/aromatic N) is 1. The zero-order valence-corrected chi connectivity index (χ0v) is 8.11. The number of hydrogen-bond acceptors (Lipinski definition) is 4. The standard InChI is InChI=1S/C10H11NO3/c1-7-4-3-5-8(11-7)9(12)6-10(13)14-2/h3-5H,6H2,1-2H3. The number of aryl methyl sites for hydroxylation is 1. The molecule has 0 atom stereocenters. The van der Waals surface area contributed by atoms with Crippen molar-refractivity contribution in [3.05, 3.63) is 29.6 Å². The van der Waals surface area contributed by atoms with Gasteiger partial charge in [0.2, 0.25) is 0 Å². The third-order valence-corrected chi connectivity index (χ3v) is 1.71. The first-order valence-corrected chi connectivity index (χ1v) is 4.17. The molecule has 74 valence electrons. The highest BCUT2D eigenvalue weighted by Gasteiger charge is 2.12. The van der Waals surface area contributed by atoms with Crippen LogP contribution in [0.4, 0.5) is 0 Å². The molecular weight excluding hydrogens is 182 g/mol. The molecule has 0 aliphatic heterocycles. The van der Waals surface area contributed by atoms with E-state index in [9.17, 15) is 9.59 Å². The van der Waals surface area contributed by atoms with E-state index in [2.05, 4.69) is 9.72 Å². The van der Waals surface area contributed by atoms with E-state index in [4.69, 9.17) is 0 Å².